The lowest BCUT2D eigenvalue weighted by Gasteiger charge is -2.34. The maximum absolute atomic E-state index is 5.92. The van der Waals surface area contributed by atoms with Crippen LogP contribution in [0.1, 0.15) is 26.3 Å². The van der Waals surface area contributed by atoms with Gasteiger partial charge in [-0.15, -0.1) is 0 Å². The van der Waals surface area contributed by atoms with Crippen LogP contribution in [0.5, 0.6) is 0 Å². The highest BCUT2D eigenvalue weighted by atomic mass is 16.5. The largest absolute Gasteiger partial charge is 0.374 e. The van der Waals surface area contributed by atoms with E-state index in [0.717, 1.165) is 51.8 Å². The standard InChI is InChI=1S/C22H39N5O/c1-18(2)15-27-11-12-28-21(17-27)14-25-22(23-4)24-13-19(3)26(5)16-20-9-7-6-8-10-20/h6-10,18-19,21H,11-17H2,1-5H3,(H2,23,24,25). The summed E-state index contributed by atoms with van der Waals surface area (Å²) in [5.74, 6) is 1.53. The number of hydrogen-bond acceptors (Lipinski definition) is 4. The molecule has 2 rings (SSSR count). The number of likely N-dealkylation sites (N-methyl/N-ethyl adjacent to an activating group) is 1. The van der Waals surface area contributed by atoms with E-state index in [1.165, 1.54) is 5.56 Å². The number of hydrogen-bond donors (Lipinski definition) is 2. The molecule has 1 fully saturated rings. The van der Waals surface area contributed by atoms with Crippen molar-refractivity contribution < 1.29 is 4.74 Å². The molecule has 0 bridgehead atoms. The second kappa shape index (κ2) is 12.0. The van der Waals surface area contributed by atoms with Gasteiger partial charge in [0.05, 0.1) is 12.7 Å². The second-order valence-electron chi connectivity index (χ2n) is 8.23. The van der Waals surface area contributed by atoms with E-state index in [4.69, 9.17) is 4.74 Å². The maximum atomic E-state index is 5.92. The number of ether oxygens (including phenoxy) is 1. The first-order valence-electron chi connectivity index (χ1n) is 10.5. The Bertz CT molecular complexity index is 578. The van der Waals surface area contributed by atoms with Crippen LogP contribution in [-0.4, -0.2) is 81.3 Å². The average molecular weight is 390 g/mol. The molecule has 0 aromatic heterocycles. The third kappa shape index (κ3) is 8.17. The van der Waals surface area contributed by atoms with Crippen LogP contribution in [0.3, 0.4) is 0 Å². The van der Waals surface area contributed by atoms with Crippen LogP contribution in [-0.2, 0) is 11.3 Å². The number of rotatable bonds is 9. The van der Waals surface area contributed by atoms with E-state index in [2.05, 4.69) is 83.6 Å². The van der Waals surface area contributed by atoms with Gasteiger partial charge in [0.1, 0.15) is 0 Å². The van der Waals surface area contributed by atoms with Gasteiger partial charge in [0.15, 0.2) is 5.96 Å². The molecule has 0 saturated carbocycles. The summed E-state index contributed by atoms with van der Waals surface area (Å²) in [7, 11) is 3.98. The predicted molar refractivity (Wildman–Crippen MR) is 118 cm³/mol. The zero-order chi connectivity index (χ0) is 20.4. The molecule has 2 atom stereocenters. The van der Waals surface area contributed by atoms with Crippen molar-refractivity contribution in [3.63, 3.8) is 0 Å². The first kappa shape index (κ1) is 22.7. The van der Waals surface area contributed by atoms with Gasteiger partial charge in [-0.1, -0.05) is 44.2 Å². The fraction of sp³-hybridized carbons (Fsp3) is 0.682. The molecule has 1 aromatic carbocycles. The Morgan fingerprint density at radius 3 is 2.68 bits per heavy atom. The lowest BCUT2D eigenvalue weighted by Crippen LogP contribution is -2.51. The number of nitrogens with one attached hydrogen (secondary N) is 2. The van der Waals surface area contributed by atoms with E-state index >= 15 is 0 Å². The first-order valence-corrected chi connectivity index (χ1v) is 10.5. The molecular formula is C22H39N5O. The number of nitrogens with zero attached hydrogens (tertiary/aromatic N) is 3. The molecule has 1 aliphatic heterocycles. The Hall–Kier alpha value is -1.63. The van der Waals surface area contributed by atoms with Crippen molar-refractivity contribution in [1.29, 1.82) is 0 Å². The monoisotopic (exact) mass is 389 g/mol. The maximum Gasteiger partial charge on any atom is 0.191 e. The Labute approximate surface area is 171 Å². The minimum absolute atomic E-state index is 0.212. The molecular weight excluding hydrogens is 350 g/mol. The molecule has 6 heteroatoms. The van der Waals surface area contributed by atoms with Crippen molar-refractivity contribution in [3.8, 4) is 0 Å². The molecule has 2 unspecified atom stereocenters. The SMILES string of the molecule is CN=C(NCC1CN(CC(C)C)CCO1)NCC(C)N(C)Cc1ccccc1. The van der Waals surface area contributed by atoms with Gasteiger partial charge in [-0.2, -0.15) is 0 Å². The fourth-order valence-electron chi connectivity index (χ4n) is 3.44. The highest BCUT2D eigenvalue weighted by Gasteiger charge is 2.21. The molecule has 1 heterocycles. The number of morpholine rings is 1. The van der Waals surface area contributed by atoms with Gasteiger partial charge in [0, 0.05) is 52.4 Å². The van der Waals surface area contributed by atoms with Crippen molar-refractivity contribution in [3.05, 3.63) is 35.9 Å². The molecule has 158 valence electrons. The summed E-state index contributed by atoms with van der Waals surface area (Å²) in [6.07, 6.45) is 0.212. The van der Waals surface area contributed by atoms with Crippen LogP contribution in [0.4, 0.5) is 0 Å². The fourth-order valence-corrected chi connectivity index (χ4v) is 3.44. The second-order valence-corrected chi connectivity index (χ2v) is 8.23. The van der Waals surface area contributed by atoms with Crippen molar-refractivity contribution >= 4 is 5.96 Å². The molecule has 1 saturated heterocycles. The molecule has 0 radical (unpaired) electrons. The summed E-state index contributed by atoms with van der Waals surface area (Å²) < 4.78 is 5.92. The highest BCUT2D eigenvalue weighted by molar-refractivity contribution is 5.79. The third-order valence-electron chi connectivity index (χ3n) is 5.16. The van der Waals surface area contributed by atoms with E-state index in [9.17, 15) is 0 Å². The molecule has 0 amide bonds. The van der Waals surface area contributed by atoms with Gasteiger partial charge < -0.3 is 15.4 Å². The van der Waals surface area contributed by atoms with E-state index in [1.807, 2.05) is 7.05 Å². The summed E-state index contributed by atoms with van der Waals surface area (Å²) in [4.78, 5) is 9.21. The molecule has 6 nitrogen and oxygen atoms in total. The molecule has 2 N–H and O–H groups in total. The van der Waals surface area contributed by atoms with Crippen LogP contribution in [0, 0.1) is 5.92 Å². The molecule has 0 aliphatic carbocycles. The lowest BCUT2D eigenvalue weighted by molar-refractivity contribution is -0.0284. The van der Waals surface area contributed by atoms with Crippen LogP contribution in [0.15, 0.2) is 35.3 Å². The summed E-state index contributed by atoms with van der Waals surface area (Å²) in [6, 6.07) is 11.0. The Morgan fingerprint density at radius 1 is 1.25 bits per heavy atom. The smallest absolute Gasteiger partial charge is 0.191 e. The normalized spacial score (nSPS) is 19.8. The average Bonchev–Trinajstić information content (AvgIpc) is 2.68. The van der Waals surface area contributed by atoms with Gasteiger partial charge in [0.2, 0.25) is 0 Å². The van der Waals surface area contributed by atoms with Gasteiger partial charge in [-0.3, -0.25) is 14.8 Å². The summed E-state index contributed by atoms with van der Waals surface area (Å²) in [6.45, 7) is 13.3. The van der Waals surface area contributed by atoms with E-state index < -0.39 is 0 Å². The van der Waals surface area contributed by atoms with Crippen molar-refractivity contribution in [2.75, 3.05) is 53.4 Å². The van der Waals surface area contributed by atoms with Crippen molar-refractivity contribution in [2.24, 2.45) is 10.9 Å². The number of benzene rings is 1. The summed E-state index contributed by atoms with van der Waals surface area (Å²) >= 11 is 0. The minimum Gasteiger partial charge on any atom is -0.374 e. The summed E-state index contributed by atoms with van der Waals surface area (Å²) in [5, 5.41) is 6.87. The van der Waals surface area contributed by atoms with Crippen LogP contribution < -0.4 is 10.6 Å². The molecule has 28 heavy (non-hydrogen) atoms. The molecule has 0 spiro atoms. The third-order valence-corrected chi connectivity index (χ3v) is 5.16. The quantitative estimate of drug-likeness (QED) is 0.500. The molecule has 1 aliphatic rings. The summed E-state index contributed by atoms with van der Waals surface area (Å²) in [5.41, 5.74) is 1.33. The topological polar surface area (TPSA) is 52.1 Å². The Morgan fingerprint density at radius 2 is 2.00 bits per heavy atom. The zero-order valence-corrected chi connectivity index (χ0v) is 18.3. The first-order chi connectivity index (χ1) is 13.5. The van der Waals surface area contributed by atoms with Crippen molar-refractivity contribution in [1.82, 2.24) is 20.4 Å². The Kier molecular flexibility index (Phi) is 9.75. The van der Waals surface area contributed by atoms with E-state index in [-0.39, 0.29) is 6.10 Å². The van der Waals surface area contributed by atoms with Gasteiger partial charge in [-0.05, 0) is 25.5 Å². The van der Waals surface area contributed by atoms with Gasteiger partial charge in [0.25, 0.3) is 0 Å². The predicted octanol–water partition coefficient (Wildman–Crippen LogP) is 2.03. The van der Waals surface area contributed by atoms with Crippen LogP contribution >= 0.6 is 0 Å². The van der Waals surface area contributed by atoms with Crippen molar-refractivity contribution in [2.45, 2.75) is 39.5 Å². The molecule has 1 aromatic rings. The highest BCUT2D eigenvalue weighted by Crippen LogP contribution is 2.08. The minimum atomic E-state index is 0.212. The Balaban J connectivity index is 1.70. The lowest BCUT2D eigenvalue weighted by atomic mass is 10.2. The zero-order valence-electron chi connectivity index (χ0n) is 18.3. The number of aliphatic imine (C=N–C) groups is 1. The van der Waals surface area contributed by atoms with Crippen LogP contribution in [0.25, 0.3) is 0 Å². The van der Waals surface area contributed by atoms with Gasteiger partial charge in [-0.25, -0.2) is 0 Å². The number of guanidine groups is 1. The van der Waals surface area contributed by atoms with Crippen LogP contribution in [0.2, 0.25) is 0 Å². The van der Waals surface area contributed by atoms with E-state index in [0.29, 0.717) is 12.0 Å². The van der Waals surface area contributed by atoms with Gasteiger partial charge >= 0.3 is 0 Å². The van der Waals surface area contributed by atoms with E-state index in [1.54, 1.807) is 0 Å².